The normalized spacial score (nSPS) is 13.5. The van der Waals surface area contributed by atoms with Gasteiger partial charge in [-0.25, -0.2) is 0 Å². The van der Waals surface area contributed by atoms with Gasteiger partial charge in [-0.05, 0) is 12.8 Å². The molecule has 0 aromatic carbocycles. The van der Waals surface area contributed by atoms with Crippen molar-refractivity contribution in [3.63, 3.8) is 0 Å². The van der Waals surface area contributed by atoms with Gasteiger partial charge in [0.2, 0.25) is 0 Å². The number of carboxylic acid groups (broad SMARTS) is 2. The topological polar surface area (TPSA) is 196 Å². The summed E-state index contributed by atoms with van der Waals surface area (Å²) in [5, 5.41) is 69.1. The Balaban J connectivity index is -0.000000628. The number of aliphatic hydroxyl groups excluding tert-OH is 6. The molecule has 0 heterocycles. The molecule has 0 aliphatic heterocycles. The van der Waals surface area contributed by atoms with Crippen LogP contribution >= 0.6 is 0 Å². The van der Waals surface area contributed by atoms with Crippen molar-refractivity contribution in [2.24, 2.45) is 0 Å². The van der Waals surface area contributed by atoms with Crippen LogP contribution in [0.1, 0.15) is 181 Å². The number of hydrogen-bond acceptors (Lipinski definition) is 8. The smallest absolute Gasteiger partial charge is 0.303 e. The van der Waals surface area contributed by atoms with E-state index in [4.69, 9.17) is 40.9 Å². The lowest BCUT2D eigenvalue weighted by Gasteiger charge is -2.24. The Morgan fingerprint density at radius 3 is 0.761 bits per heavy atom. The van der Waals surface area contributed by atoms with Crippen LogP contribution in [0.2, 0.25) is 0 Å². The lowest BCUT2D eigenvalue weighted by molar-refractivity contribution is -0.138. The Bertz CT molecular complexity index is 606. The van der Waals surface area contributed by atoms with Crippen LogP contribution in [0.4, 0.5) is 0 Å². The van der Waals surface area contributed by atoms with Gasteiger partial charge in [-0.15, -0.1) is 0 Å². The predicted octanol–water partition coefficient (Wildman–Crippen LogP) is 6.74. The van der Waals surface area contributed by atoms with E-state index < -0.39 is 49.6 Å². The molecule has 0 aliphatic rings. The van der Waals surface area contributed by atoms with Crippen molar-refractivity contribution in [1.29, 1.82) is 0 Å². The quantitative estimate of drug-likeness (QED) is 0.0367. The first kappa shape index (κ1) is 49.1. The summed E-state index contributed by atoms with van der Waals surface area (Å²) in [4.78, 5) is 20.5. The fourth-order valence-corrected chi connectivity index (χ4v) is 4.91. The van der Waals surface area contributed by atoms with E-state index >= 15 is 0 Å². The van der Waals surface area contributed by atoms with Crippen LogP contribution in [-0.4, -0.2) is 90.4 Å². The molecule has 0 rings (SSSR count). The lowest BCUT2D eigenvalue weighted by Crippen LogP contribution is -2.46. The maximum Gasteiger partial charge on any atom is 0.303 e. The third kappa shape index (κ3) is 40.7. The molecule has 0 aromatic heterocycles. The molecule has 0 bridgehead atoms. The maximum atomic E-state index is 10.3. The van der Waals surface area contributed by atoms with Gasteiger partial charge < -0.3 is 40.9 Å². The molecule has 0 saturated carbocycles. The third-order valence-corrected chi connectivity index (χ3v) is 8.00. The molecule has 10 nitrogen and oxygen atoms in total. The van der Waals surface area contributed by atoms with E-state index in [2.05, 4.69) is 13.8 Å². The highest BCUT2D eigenvalue weighted by atomic mass is 16.4. The second-order valence-electron chi connectivity index (χ2n) is 12.5. The Morgan fingerprint density at radius 1 is 0.391 bits per heavy atom. The maximum absolute atomic E-state index is 10.3. The first-order valence-corrected chi connectivity index (χ1v) is 18.5. The third-order valence-electron chi connectivity index (χ3n) is 8.00. The van der Waals surface area contributed by atoms with Crippen molar-refractivity contribution >= 4 is 11.9 Å². The van der Waals surface area contributed by atoms with Crippen LogP contribution in [0.5, 0.6) is 0 Å². The zero-order valence-electron chi connectivity index (χ0n) is 29.5. The molecule has 0 spiro atoms. The standard InChI is InChI=1S/C18H36O2.C12H24O2.C6H14O6/c1-2-3-4-5-6-7-8-9-10-11-12-13-14-15-16-17-18(19)20;1-2-3-4-5-6-7-8-9-10-11-12(13)14;7-1-3(9)5(11)6(12)4(10)2-8/h2-17H2,1H3,(H,19,20);2-11H2,1H3,(H,13,14);3-12H,1-2H2. The van der Waals surface area contributed by atoms with Crippen molar-refractivity contribution in [1.82, 2.24) is 0 Å². The highest BCUT2D eigenvalue weighted by Gasteiger charge is 2.29. The average Bonchev–Trinajstić information content (AvgIpc) is 3.04. The van der Waals surface area contributed by atoms with E-state index in [0.717, 1.165) is 25.7 Å². The molecule has 10 heteroatoms. The number of unbranched alkanes of at least 4 members (excludes halogenated alkanes) is 22. The van der Waals surface area contributed by atoms with E-state index in [9.17, 15) is 9.59 Å². The Labute approximate surface area is 280 Å². The van der Waals surface area contributed by atoms with E-state index in [1.165, 1.54) is 128 Å². The van der Waals surface area contributed by atoms with E-state index in [0.29, 0.717) is 12.8 Å². The monoisotopic (exact) mass is 667 g/mol. The SMILES string of the molecule is CCCCCCCCCCCC(=O)O.CCCCCCCCCCCCCCCCCC(=O)O.OCC(O)C(O)C(O)C(O)CO. The predicted molar refractivity (Wildman–Crippen MR) is 185 cm³/mol. The minimum atomic E-state index is -1.67. The van der Waals surface area contributed by atoms with Crippen molar-refractivity contribution in [3.05, 3.63) is 0 Å². The number of aliphatic hydroxyl groups is 6. The van der Waals surface area contributed by atoms with Crippen LogP contribution in [0.25, 0.3) is 0 Å². The molecule has 0 saturated heterocycles. The van der Waals surface area contributed by atoms with E-state index in [1.807, 2.05) is 0 Å². The van der Waals surface area contributed by atoms with Crippen LogP contribution < -0.4 is 0 Å². The molecule has 4 atom stereocenters. The van der Waals surface area contributed by atoms with Gasteiger partial charge in [0.05, 0.1) is 13.2 Å². The average molecular weight is 667 g/mol. The molecule has 8 N–H and O–H groups in total. The zero-order valence-corrected chi connectivity index (χ0v) is 29.5. The van der Waals surface area contributed by atoms with Crippen molar-refractivity contribution < 1.29 is 50.4 Å². The van der Waals surface area contributed by atoms with Gasteiger partial charge in [0.25, 0.3) is 0 Å². The largest absolute Gasteiger partial charge is 0.481 e. The number of rotatable bonds is 31. The summed E-state index contributed by atoms with van der Waals surface area (Å²) >= 11 is 0. The van der Waals surface area contributed by atoms with Gasteiger partial charge in [0, 0.05) is 12.8 Å². The molecule has 0 fully saturated rings. The van der Waals surface area contributed by atoms with Crippen LogP contribution in [0.15, 0.2) is 0 Å². The molecule has 278 valence electrons. The lowest BCUT2D eigenvalue weighted by atomic mass is 10.0. The highest BCUT2D eigenvalue weighted by molar-refractivity contribution is 5.66. The minimum absolute atomic E-state index is 0.343. The van der Waals surface area contributed by atoms with Gasteiger partial charge in [-0.2, -0.15) is 0 Å². The summed E-state index contributed by atoms with van der Waals surface area (Å²) in [7, 11) is 0. The Hall–Kier alpha value is -1.30. The molecular formula is C36H74O10. The molecule has 0 aliphatic carbocycles. The molecule has 4 unspecified atom stereocenters. The number of carbonyl (C=O) groups is 2. The second-order valence-corrected chi connectivity index (χ2v) is 12.5. The summed E-state index contributed by atoms with van der Waals surface area (Å²) in [6.07, 6.45) is 25.3. The van der Waals surface area contributed by atoms with Crippen LogP contribution in [0.3, 0.4) is 0 Å². The number of carboxylic acids is 2. The molecule has 0 radical (unpaired) electrons. The first-order valence-electron chi connectivity index (χ1n) is 18.5. The Morgan fingerprint density at radius 2 is 0.587 bits per heavy atom. The molecular weight excluding hydrogens is 592 g/mol. The number of hydrogen-bond donors (Lipinski definition) is 8. The fourth-order valence-electron chi connectivity index (χ4n) is 4.91. The highest BCUT2D eigenvalue weighted by Crippen LogP contribution is 2.14. The summed E-state index contributed by atoms with van der Waals surface area (Å²) in [6.45, 7) is 3.05. The Kier molecular flexibility index (Phi) is 42.6. The van der Waals surface area contributed by atoms with Crippen LogP contribution in [-0.2, 0) is 9.59 Å². The van der Waals surface area contributed by atoms with Crippen molar-refractivity contribution in [3.8, 4) is 0 Å². The summed E-state index contributed by atoms with van der Waals surface area (Å²) in [5.41, 5.74) is 0. The summed E-state index contributed by atoms with van der Waals surface area (Å²) < 4.78 is 0. The minimum Gasteiger partial charge on any atom is -0.481 e. The second kappa shape index (κ2) is 39.9. The van der Waals surface area contributed by atoms with Gasteiger partial charge in [0.1, 0.15) is 24.4 Å². The van der Waals surface area contributed by atoms with Crippen molar-refractivity contribution in [2.75, 3.05) is 13.2 Å². The molecule has 0 amide bonds. The first-order chi connectivity index (χ1) is 22.1. The fraction of sp³-hybridized carbons (Fsp3) is 0.944. The summed E-state index contributed by atoms with van der Waals surface area (Å²) in [5.74, 6) is -1.31. The van der Waals surface area contributed by atoms with E-state index in [-0.39, 0.29) is 0 Å². The van der Waals surface area contributed by atoms with Crippen molar-refractivity contribution in [2.45, 2.75) is 205 Å². The van der Waals surface area contributed by atoms with Gasteiger partial charge >= 0.3 is 11.9 Å². The van der Waals surface area contributed by atoms with E-state index in [1.54, 1.807) is 0 Å². The summed E-state index contributed by atoms with van der Waals surface area (Å²) in [6, 6.07) is 0. The number of aliphatic carboxylic acids is 2. The zero-order chi connectivity index (χ0) is 35.3. The molecule has 0 aromatic rings. The van der Waals surface area contributed by atoms with Crippen LogP contribution in [0, 0.1) is 0 Å². The van der Waals surface area contributed by atoms with Gasteiger partial charge in [-0.3, -0.25) is 9.59 Å². The van der Waals surface area contributed by atoms with Gasteiger partial charge in [-0.1, -0.05) is 155 Å². The molecule has 46 heavy (non-hydrogen) atoms. The van der Waals surface area contributed by atoms with Gasteiger partial charge in [0.15, 0.2) is 0 Å².